The van der Waals surface area contributed by atoms with Crippen molar-refractivity contribution in [1.82, 2.24) is 0 Å². The number of aliphatic carboxylic acids is 1. The number of unbranched alkanes of at least 4 members (excludes halogenated alkanes) is 3. The Bertz CT molecular complexity index is 421. The minimum absolute atomic E-state index is 0. The van der Waals surface area contributed by atoms with Crippen LogP contribution in [0.15, 0.2) is 0 Å². The van der Waals surface area contributed by atoms with E-state index in [2.05, 4.69) is 0 Å². The maximum Gasteiger partial charge on any atom is 1.00 e. The summed E-state index contributed by atoms with van der Waals surface area (Å²) in [7, 11) is -4.86. The van der Waals surface area contributed by atoms with E-state index in [1.807, 2.05) is 6.92 Å². The zero-order valence-corrected chi connectivity index (χ0v) is 15.5. The molecule has 9 heteroatoms. The van der Waals surface area contributed by atoms with Crippen LogP contribution in [0.3, 0.4) is 0 Å². The number of hydrogen-bond acceptors (Lipinski definition) is 6. The maximum atomic E-state index is 11.7. The van der Waals surface area contributed by atoms with Gasteiger partial charge >= 0.3 is 35.5 Å². The predicted molar refractivity (Wildman–Crippen MR) is 69.2 cm³/mol. The first kappa shape index (κ1) is 23.1. The average molecular weight is 332 g/mol. The SMILES string of the molecule is CCCCCCOC(=O)C(C(CC)C(=O)[O-])S(=O)(=O)O.[Na+]. The van der Waals surface area contributed by atoms with Gasteiger partial charge in [0, 0.05) is 11.9 Å². The van der Waals surface area contributed by atoms with Crippen molar-refractivity contribution in [2.24, 2.45) is 5.92 Å². The van der Waals surface area contributed by atoms with Gasteiger partial charge in [-0.1, -0.05) is 33.1 Å². The van der Waals surface area contributed by atoms with Gasteiger partial charge in [-0.05, 0) is 12.8 Å². The van der Waals surface area contributed by atoms with Gasteiger partial charge in [-0.25, -0.2) is 0 Å². The number of hydrogen-bond donors (Lipinski definition) is 1. The molecule has 0 aromatic rings. The Morgan fingerprint density at radius 2 is 1.76 bits per heavy atom. The van der Waals surface area contributed by atoms with Crippen molar-refractivity contribution >= 4 is 22.1 Å². The third-order valence-corrected chi connectivity index (χ3v) is 4.07. The van der Waals surface area contributed by atoms with E-state index >= 15 is 0 Å². The van der Waals surface area contributed by atoms with Crippen LogP contribution in [0, 0.1) is 5.92 Å². The molecule has 7 nitrogen and oxygen atoms in total. The average Bonchev–Trinajstić information content (AvgIpc) is 2.33. The van der Waals surface area contributed by atoms with Crippen molar-refractivity contribution in [3.05, 3.63) is 0 Å². The van der Waals surface area contributed by atoms with Crippen molar-refractivity contribution in [3.63, 3.8) is 0 Å². The second-order valence-electron chi connectivity index (χ2n) is 4.50. The zero-order chi connectivity index (χ0) is 15.8. The third kappa shape index (κ3) is 8.77. The molecule has 0 amide bonds. The van der Waals surface area contributed by atoms with Crippen LogP contribution in [0.25, 0.3) is 0 Å². The fourth-order valence-electron chi connectivity index (χ4n) is 1.78. The number of carboxylic acids is 1. The van der Waals surface area contributed by atoms with Crippen molar-refractivity contribution in [2.45, 2.75) is 51.2 Å². The molecule has 0 fully saturated rings. The number of carbonyl (C=O) groups is 2. The molecular weight excluding hydrogens is 311 g/mol. The Balaban J connectivity index is 0. The van der Waals surface area contributed by atoms with E-state index in [0.29, 0.717) is 6.42 Å². The van der Waals surface area contributed by atoms with E-state index in [1.54, 1.807) is 0 Å². The molecule has 0 aliphatic rings. The number of carboxylic acid groups (broad SMARTS) is 1. The Hall–Kier alpha value is -0.150. The monoisotopic (exact) mass is 332 g/mol. The van der Waals surface area contributed by atoms with Gasteiger partial charge in [0.15, 0.2) is 5.25 Å². The number of esters is 1. The summed E-state index contributed by atoms with van der Waals surface area (Å²) < 4.78 is 36.1. The summed E-state index contributed by atoms with van der Waals surface area (Å²) >= 11 is 0. The van der Waals surface area contributed by atoms with Crippen molar-refractivity contribution < 1.29 is 62.0 Å². The van der Waals surface area contributed by atoms with Gasteiger partial charge < -0.3 is 14.6 Å². The van der Waals surface area contributed by atoms with E-state index < -0.39 is 33.2 Å². The molecule has 1 N–H and O–H groups in total. The van der Waals surface area contributed by atoms with Crippen LogP contribution >= 0.6 is 0 Å². The van der Waals surface area contributed by atoms with Crippen molar-refractivity contribution in [1.29, 1.82) is 0 Å². The van der Waals surface area contributed by atoms with Crippen LogP contribution < -0.4 is 34.7 Å². The van der Waals surface area contributed by atoms with Crippen molar-refractivity contribution in [3.8, 4) is 0 Å². The largest absolute Gasteiger partial charge is 1.00 e. The summed E-state index contributed by atoms with van der Waals surface area (Å²) in [5.74, 6) is -4.59. The first-order valence-corrected chi connectivity index (χ1v) is 8.09. The summed E-state index contributed by atoms with van der Waals surface area (Å²) in [4.78, 5) is 22.5. The van der Waals surface area contributed by atoms with Gasteiger partial charge in [-0.3, -0.25) is 9.35 Å². The van der Waals surface area contributed by atoms with Crippen LogP contribution in [0.5, 0.6) is 0 Å². The van der Waals surface area contributed by atoms with Crippen LogP contribution in [0.1, 0.15) is 46.0 Å². The smallest absolute Gasteiger partial charge is 0.550 e. The number of carbonyl (C=O) groups excluding carboxylic acids is 2. The van der Waals surface area contributed by atoms with Gasteiger partial charge in [0.05, 0.1) is 6.61 Å². The topological polar surface area (TPSA) is 121 Å². The normalized spacial score (nSPS) is 13.9. The Morgan fingerprint density at radius 1 is 1.19 bits per heavy atom. The molecule has 0 radical (unpaired) electrons. The zero-order valence-electron chi connectivity index (χ0n) is 12.7. The van der Waals surface area contributed by atoms with Gasteiger partial charge in [0.1, 0.15) is 0 Å². The predicted octanol–water partition coefficient (Wildman–Crippen LogP) is -2.85. The van der Waals surface area contributed by atoms with E-state index in [9.17, 15) is 23.1 Å². The van der Waals surface area contributed by atoms with Gasteiger partial charge in [-0.2, -0.15) is 8.42 Å². The molecule has 0 heterocycles. The van der Waals surface area contributed by atoms with E-state index in [1.165, 1.54) is 6.92 Å². The second-order valence-corrected chi connectivity index (χ2v) is 6.04. The molecule has 21 heavy (non-hydrogen) atoms. The second kappa shape index (κ2) is 11.4. The summed E-state index contributed by atoms with van der Waals surface area (Å²) in [6, 6.07) is 0. The Morgan fingerprint density at radius 3 is 2.14 bits per heavy atom. The van der Waals surface area contributed by atoms with Gasteiger partial charge in [0.25, 0.3) is 10.1 Å². The molecule has 118 valence electrons. The molecule has 0 bridgehead atoms. The fraction of sp³-hybridized carbons (Fsp3) is 0.833. The molecule has 0 rings (SSSR count). The first-order chi connectivity index (χ1) is 9.25. The molecule has 2 unspecified atom stereocenters. The number of ether oxygens (including phenoxy) is 1. The van der Waals surface area contributed by atoms with E-state index in [4.69, 9.17) is 9.29 Å². The van der Waals surface area contributed by atoms with E-state index in [0.717, 1.165) is 19.3 Å². The minimum Gasteiger partial charge on any atom is -0.550 e. The number of rotatable bonds is 10. The van der Waals surface area contributed by atoms with Crippen molar-refractivity contribution in [2.75, 3.05) is 6.61 Å². The van der Waals surface area contributed by atoms with Crippen LogP contribution in [0.4, 0.5) is 0 Å². The third-order valence-electron chi connectivity index (χ3n) is 2.90. The molecule has 0 saturated heterocycles. The van der Waals surface area contributed by atoms with Crippen LogP contribution in [-0.4, -0.2) is 36.8 Å². The Kier molecular flexibility index (Phi) is 12.6. The molecule has 0 spiro atoms. The minimum atomic E-state index is -4.86. The summed E-state index contributed by atoms with van der Waals surface area (Å²) in [5, 5.41) is 8.71. The van der Waals surface area contributed by atoms with Gasteiger partial charge in [-0.15, -0.1) is 0 Å². The fourth-order valence-corrected chi connectivity index (χ4v) is 2.81. The van der Waals surface area contributed by atoms with E-state index in [-0.39, 0.29) is 42.6 Å². The van der Waals surface area contributed by atoms with Gasteiger partial charge in [0.2, 0.25) is 0 Å². The molecular formula is C12H21NaO7S. The summed E-state index contributed by atoms with van der Waals surface area (Å²) in [5.41, 5.74) is 0. The Labute approximate surface area is 147 Å². The summed E-state index contributed by atoms with van der Waals surface area (Å²) in [6.07, 6.45) is 3.15. The van der Waals surface area contributed by atoms with Crippen LogP contribution in [-0.2, 0) is 24.4 Å². The quantitative estimate of drug-likeness (QED) is 0.198. The molecule has 0 aromatic heterocycles. The molecule has 0 aliphatic carbocycles. The maximum absolute atomic E-state index is 11.7. The standard InChI is InChI=1S/C12H22O7S.Na/c1-3-5-6-7-8-19-12(15)10(20(16,17)18)9(4-2)11(13)14;/h9-10H,3-8H2,1-2H3,(H,13,14)(H,16,17,18);/q;+1/p-1. The summed E-state index contributed by atoms with van der Waals surface area (Å²) in [6.45, 7) is 3.38. The first-order valence-electron chi connectivity index (χ1n) is 6.59. The molecule has 2 atom stereocenters. The molecule has 0 saturated carbocycles. The molecule has 0 aromatic carbocycles. The van der Waals surface area contributed by atoms with Crippen LogP contribution in [0.2, 0.25) is 0 Å². The molecule has 0 aliphatic heterocycles.